The molecule has 2 aromatic carbocycles. The van der Waals surface area contributed by atoms with Gasteiger partial charge in [-0.15, -0.1) is 6.42 Å². The highest BCUT2D eigenvalue weighted by molar-refractivity contribution is 7.52. The summed E-state index contributed by atoms with van der Waals surface area (Å²) in [7, 11) is -4.58. The minimum Gasteiger partial charge on any atom is -0.465 e. The van der Waals surface area contributed by atoms with E-state index in [1.54, 1.807) is 30.3 Å². The maximum atomic E-state index is 15.2. The van der Waals surface area contributed by atoms with Crippen LogP contribution in [0.1, 0.15) is 212 Å². The van der Waals surface area contributed by atoms with Crippen LogP contribution in [0.5, 0.6) is 5.75 Å². The number of esters is 2. The van der Waals surface area contributed by atoms with Crippen molar-refractivity contribution < 1.29 is 41.8 Å². The number of terminal acetylenes is 1. The van der Waals surface area contributed by atoms with E-state index in [-0.39, 0.29) is 48.6 Å². The first-order valence-electron chi connectivity index (χ1n) is 28.6. The molecular formula is C59H88FN6O8P. The molecule has 75 heavy (non-hydrogen) atoms. The van der Waals surface area contributed by atoms with Crippen LogP contribution in [0.15, 0.2) is 67.0 Å². The van der Waals surface area contributed by atoms with Crippen molar-refractivity contribution in [3.63, 3.8) is 0 Å². The molecule has 1 saturated heterocycles. The third-order valence-corrected chi connectivity index (χ3v) is 15.6. The van der Waals surface area contributed by atoms with E-state index in [1.807, 2.05) is 30.3 Å². The van der Waals surface area contributed by atoms with E-state index >= 15 is 4.57 Å². The second-order valence-corrected chi connectivity index (χ2v) is 22.0. The lowest BCUT2D eigenvalue weighted by atomic mass is 9.98. The van der Waals surface area contributed by atoms with Crippen LogP contribution in [0.4, 0.5) is 10.2 Å². The number of carbonyl (C=O) groups is 2. The van der Waals surface area contributed by atoms with E-state index in [4.69, 9.17) is 35.4 Å². The van der Waals surface area contributed by atoms with E-state index in [0.29, 0.717) is 12.8 Å². The predicted octanol–water partition coefficient (Wildman–Crippen LogP) is 14.7. The summed E-state index contributed by atoms with van der Waals surface area (Å²) in [6.07, 6.45) is 37.1. The highest BCUT2D eigenvalue weighted by Gasteiger charge is 2.53. The molecule has 3 heterocycles. The molecule has 0 spiro atoms. The molecule has 5 rings (SSSR count). The zero-order chi connectivity index (χ0) is 53.4. The Morgan fingerprint density at radius 2 is 1.31 bits per heavy atom. The molecule has 3 N–H and O–H groups in total. The van der Waals surface area contributed by atoms with Gasteiger partial charge >= 0.3 is 25.8 Å². The summed E-state index contributed by atoms with van der Waals surface area (Å²) in [5, 5.41) is 2.91. The lowest BCUT2D eigenvalue weighted by molar-refractivity contribution is -0.158. The molecule has 414 valence electrons. The Hall–Kier alpha value is -4.87. The molecular weight excluding hydrogens is 971 g/mol. The minimum absolute atomic E-state index is 0.0318. The minimum atomic E-state index is -4.58. The van der Waals surface area contributed by atoms with Gasteiger partial charge in [-0.05, 0) is 37.0 Å². The van der Waals surface area contributed by atoms with Crippen molar-refractivity contribution in [2.24, 2.45) is 0 Å². The Balaban J connectivity index is 1.18. The Morgan fingerprint density at radius 3 is 1.85 bits per heavy atom. The number of fused-ring (bicyclic) bond motifs is 1. The zero-order valence-corrected chi connectivity index (χ0v) is 46.1. The number of unbranched alkanes of at least 4 members (excludes halogenated alkanes) is 25. The van der Waals surface area contributed by atoms with Crippen LogP contribution < -0.4 is 15.3 Å². The van der Waals surface area contributed by atoms with Crippen molar-refractivity contribution in [2.75, 3.05) is 18.9 Å². The van der Waals surface area contributed by atoms with Crippen molar-refractivity contribution in [1.29, 1.82) is 0 Å². The summed E-state index contributed by atoms with van der Waals surface area (Å²) in [5.41, 5.74) is 5.06. The van der Waals surface area contributed by atoms with Crippen LogP contribution in [0.3, 0.4) is 0 Å². The van der Waals surface area contributed by atoms with Crippen LogP contribution in [-0.4, -0.2) is 62.4 Å². The van der Waals surface area contributed by atoms with Crippen LogP contribution >= 0.6 is 7.75 Å². The molecule has 2 unspecified atom stereocenters. The number of nitrogens with one attached hydrogen (secondary N) is 1. The molecule has 4 aromatic rings. The second-order valence-electron chi connectivity index (χ2n) is 20.3. The highest BCUT2D eigenvalue weighted by Crippen LogP contribution is 2.49. The lowest BCUT2D eigenvalue weighted by Gasteiger charge is -2.31. The maximum Gasteiger partial charge on any atom is 0.459 e. The summed E-state index contributed by atoms with van der Waals surface area (Å²) in [5.74, 6) is 1.52. The predicted molar refractivity (Wildman–Crippen MR) is 295 cm³/mol. The standard InChI is InChI=1S/C59H88FN6O8P/c1-4-7-9-11-13-14-15-16-17-18-19-20-21-22-23-24-25-27-29-37-43-70-57(68)50(44-48-38-32-30-33-39-48)65-75(69,74-49-40-34-31-35-41-49)71-46-59(6-3)51(72-53(67)42-36-28-26-12-10-8-5-2)45-52(73-59)66-47-62-54-55(61)63-58(60)64-56(54)66/h3,30-35,38-41,47,50-52H,4-5,7-29,36-37,42-46H2,1-2H3,(H,65,69)(H2,61,63,64)/t50?,51-,52+,59+,75?/m0/s1. The lowest BCUT2D eigenvalue weighted by Crippen LogP contribution is -2.46. The van der Waals surface area contributed by atoms with Gasteiger partial charge in [0.25, 0.3) is 0 Å². The number of benzene rings is 2. The molecule has 16 heteroatoms. The first kappa shape index (κ1) is 61.0. The number of halogens is 1. The third-order valence-electron chi connectivity index (χ3n) is 14.1. The smallest absolute Gasteiger partial charge is 0.459 e. The third kappa shape index (κ3) is 22.0. The number of rotatable bonds is 41. The fourth-order valence-electron chi connectivity index (χ4n) is 9.66. The average molecular weight is 1060 g/mol. The van der Waals surface area contributed by atoms with Crippen LogP contribution in [0.25, 0.3) is 11.2 Å². The summed E-state index contributed by atoms with van der Waals surface area (Å²) in [6, 6.07) is 16.5. The van der Waals surface area contributed by atoms with E-state index in [9.17, 15) is 14.0 Å². The molecule has 0 radical (unpaired) electrons. The van der Waals surface area contributed by atoms with E-state index in [1.165, 1.54) is 120 Å². The molecule has 1 fully saturated rings. The molecule has 14 nitrogen and oxygen atoms in total. The molecule has 0 saturated carbocycles. The van der Waals surface area contributed by atoms with E-state index in [0.717, 1.165) is 56.9 Å². The summed E-state index contributed by atoms with van der Waals surface area (Å²) in [6.45, 7) is 4.01. The Labute approximate surface area is 447 Å². The van der Waals surface area contributed by atoms with E-state index in [2.05, 4.69) is 39.8 Å². The zero-order valence-electron chi connectivity index (χ0n) is 45.2. The highest BCUT2D eigenvalue weighted by atomic mass is 31.2. The molecule has 2 aromatic heterocycles. The van der Waals surface area contributed by atoms with Gasteiger partial charge in [-0.2, -0.15) is 19.4 Å². The molecule has 1 aliphatic heterocycles. The summed E-state index contributed by atoms with van der Waals surface area (Å²) in [4.78, 5) is 39.4. The van der Waals surface area contributed by atoms with Crippen LogP contribution in [0.2, 0.25) is 0 Å². The van der Waals surface area contributed by atoms with Gasteiger partial charge in [0, 0.05) is 12.8 Å². The number of hydrogen-bond donors (Lipinski definition) is 2. The molecule has 0 amide bonds. The SMILES string of the molecule is C#C[C@]1(COP(=O)(NC(Cc2ccccc2)C(=O)OCCCCCCCCCCCCCCCCCCCCCC)Oc2ccccc2)O[C@@H](n2cnc3c(N)nc(F)nc32)C[C@@H]1OC(=O)CCCCCCCCC. The van der Waals surface area contributed by atoms with Crippen LogP contribution in [-0.2, 0) is 39.3 Å². The van der Waals surface area contributed by atoms with Gasteiger partial charge < -0.3 is 24.5 Å². The number of para-hydroxylation sites is 1. The first-order valence-corrected chi connectivity index (χ1v) is 30.1. The van der Waals surface area contributed by atoms with Gasteiger partial charge in [-0.25, -0.2) is 9.55 Å². The van der Waals surface area contributed by atoms with Crippen molar-refractivity contribution in [3.05, 3.63) is 78.6 Å². The van der Waals surface area contributed by atoms with Crippen molar-refractivity contribution in [2.45, 2.75) is 230 Å². The fourth-order valence-corrected chi connectivity index (χ4v) is 11.2. The quantitative estimate of drug-likeness (QED) is 0.0141. The van der Waals surface area contributed by atoms with Gasteiger partial charge in [0.2, 0.25) is 0 Å². The number of aromatic nitrogens is 4. The van der Waals surface area contributed by atoms with Crippen molar-refractivity contribution in [3.8, 4) is 18.1 Å². The fraction of sp³-hybridized carbons (Fsp3) is 0.644. The van der Waals surface area contributed by atoms with Gasteiger partial charge in [0.15, 0.2) is 22.6 Å². The largest absolute Gasteiger partial charge is 0.465 e. The first-order chi connectivity index (χ1) is 36.6. The Kier molecular flexibility index (Phi) is 28.2. The normalized spacial score (nSPS) is 17.6. The monoisotopic (exact) mass is 1060 g/mol. The Bertz CT molecular complexity index is 2320. The number of anilines is 1. The van der Waals surface area contributed by atoms with Crippen molar-refractivity contribution in [1.82, 2.24) is 24.6 Å². The van der Waals surface area contributed by atoms with Crippen LogP contribution in [0, 0.1) is 18.4 Å². The summed E-state index contributed by atoms with van der Waals surface area (Å²) >= 11 is 0. The summed E-state index contributed by atoms with van der Waals surface area (Å²) < 4.78 is 62.1. The maximum absolute atomic E-state index is 15.2. The number of nitrogens with zero attached hydrogens (tertiary/aromatic N) is 4. The van der Waals surface area contributed by atoms with Gasteiger partial charge in [0.05, 0.1) is 12.9 Å². The van der Waals surface area contributed by atoms with Crippen molar-refractivity contribution >= 4 is 36.7 Å². The molecule has 0 bridgehead atoms. The number of ether oxygens (including phenoxy) is 3. The van der Waals surface area contributed by atoms with Gasteiger partial charge in [-0.3, -0.25) is 18.7 Å². The topological polar surface area (TPSA) is 179 Å². The van der Waals surface area contributed by atoms with Gasteiger partial charge in [0.1, 0.15) is 30.7 Å². The molecule has 0 aliphatic carbocycles. The number of carbonyl (C=O) groups excluding carboxylic acids is 2. The number of imidazole rings is 1. The molecule has 5 atom stereocenters. The average Bonchev–Trinajstić information content (AvgIpc) is 4.00. The number of hydrogen-bond acceptors (Lipinski definition) is 12. The molecule has 1 aliphatic rings. The number of nitrogen functional groups attached to an aromatic ring is 1. The Morgan fingerprint density at radius 1 is 0.787 bits per heavy atom. The second kappa shape index (κ2) is 34.7. The van der Waals surface area contributed by atoms with Gasteiger partial charge in [-0.1, -0.05) is 229 Å². The van der Waals surface area contributed by atoms with E-state index < -0.39 is 56.3 Å². The number of nitrogens with two attached hydrogens (primary N) is 1.